The van der Waals surface area contributed by atoms with E-state index in [4.69, 9.17) is 19.9 Å². The minimum atomic E-state index is -0.995. The predicted molar refractivity (Wildman–Crippen MR) is 98.2 cm³/mol. The van der Waals surface area contributed by atoms with Crippen LogP contribution in [0.4, 0.5) is 10.5 Å². The van der Waals surface area contributed by atoms with Gasteiger partial charge in [-0.1, -0.05) is 0 Å². The molecule has 1 atom stereocenters. The van der Waals surface area contributed by atoms with Gasteiger partial charge in [-0.15, -0.1) is 0 Å². The monoisotopic (exact) mass is 364 g/mol. The number of nitrogens with one attached hydrogen (secondary N) is 1. The van der Waals surface area contributed by atoms with E-state index in [1.54, 1.807) is 20.8 Å². The molecule has 7 heteroatoms. The van der Waals surface area contributed by atoms with E-state index in [1.807, 2.05) is 12.1 Å². The van der Waals surface area contributed by atoms with E-state index in [9.17, 15) is 9.59 Å². The molecule has 0 aromatic heterocycles. The summed E-state index contributed by atoms with van der Waals surface area (Å²) in [6.07, 6.45) is 3.60. The maximum absolute atomic E-state index is 11.9. The van der Waals surface area contributed by atoms with Crippen LogP contribution >= 0.6 is 0 Å². The highest BCUT2D eigenvalue weighted by molar-refractivity contribution is 5.81. The zero-order chi connectivity index (χ0) is 19.3. The number of carbonyl (C=O) groups is 2. The SMILES string of the molecule is COC(=O)C(COc1cc2c(cc1N)CCCC2)NC(=O)OC(C)(C)C. The fourth-order valence-corrected chi connectivity index (χ4v) is 2.84. The number of methoxy groups -OCH3 is 1. The topological polar surface area (TPSA) is 99.9 Å². The molecule has 0 fully saturated rings. The van der Waals surface area contributed by atoms with Crippen molar-refractivity contribution >= 4 is 17.7 Å². The average Bonchev–Trinajstić information content (AvgIpc) is 2.56. The van der Waals surface area contributed by atoms with Gasteiger partial charge in [0.05, 0.1) is 12.8 Å². The molecule has 144 valence electrons. The maximum atomic E-state index is 11.9. The Labute approximate surface area is 154 Å². The van der Waals surface area contributed by atoms with Gasteiger partial charge in [0, 0.05) is 0 Å². The molecule has 1 aromatic carbocycles. The quantitative estimate of drug-likeness (QED) is 0.615. The maximum Gasteiger partial charge on any atom is 0.408 e. The summed E-state index contributed by atoms with van der Waals surface area (Å²) in [5, 5.41) is 2.47. The van der Waals surface area contributed by atoms with E-state index in [1.165, 1.54) is 18.2 Å². The normalized spacial score (nSPS) is 14.8. The highest BCUT2D eigenvalue weighted by Crippen LogP contribution is 2.31. The second kappa shape index (κ2) is 8.29. The lowest BCUT2D eigenvalue weighted by Gasteiger charge is -2.23. The fourth-order valence-electron chi connectivity index (χ4n) is 2.84. The summed E-state index contributed by atoms with van der Waals surface area (Å²) in [5.74, 6) is -0.113. The first-order valence-corrected chi connectivity index (χ1v) is 8.81. The van der Waals surface area contributed by atoms with Crippen LogP contribution in [0.15, 0.2) is 12.1 Å². The van der Waals surface area contributed by atoms with Crippen LogP contribution in [0.5, 0.6) is 5.75 Å². The van der Waals surface area contributed by atoms with Crippen LogP contribution < -0.4 is 15.8 Å². The number of ether oxygens (including phenoxy) is 3. The number of nitrogens with two attached hydrogens (primary N) is 1. The smallest absolute Gasteiger partial charge is 0.408 e. The molecule has 0 radical (unpaired) electrons. The molecule has 1 aliphatic rings. The van der Waals surface area contributed by atoms with Crippen LogP contribution in [0.3, 0.4) is 0 Å². The van der Waals surface area contributed by atoms with Crippen molar-refractivity contribution in [1.29, 1.82) is 0 Å². The molecule has 7 nitrogen and oxygen atoms in total. The minimum Gasteiger partial charge on any atom is -0.489 e. The summed E-state index contributed by atoms with van der Waals surface area (Å²) in [7, 11) is 1.25. The Morgan fingerprint density at radius 2 is 1.81 bits per heavy atom. The summed E-state index contributed by atoms with van der Waals surface area (Å²) >= 11 is 0. The lowest BCUT2D eigenvalue weighted by atomic mass is 9.91. The minimum absolute atomic E-state index is 0.102. The van der Waals surface area contributed by atoms with Crippen molar-refractivity contribution in [2.75, 3.05) is 19.5 Å². The number of rotatable bonds is 5. The number of alkyl carbamates (subject to hydrolysis) is 1. The molecule has 0 bridgehead atoms. The second-order valence-electron chi connectivity index (χ2n) is 7.40. The number of esters is 1. The molecular formula is C19H28N2O5. The number of benzene rings is 1. The standard InChI is InChI=1S/C19H28N2O5/c1-19(2,3)26-18(23)21-15(17(22)24-4)11-25-16-10-13-8-6-5-7-12(13)9-14(16)20/h9-10,15H,5-8,11,20H2,1-4H3,(H,21,23). The molecule has 26 heavy (non-hydrogen) atoms. The van der Waals surface area contributed by atoms with Crippen molar-refractivity contribution in [1.82, 2.24) is 5.32 Å². The van der Waals surface area contributed by atoms with Crippen LogP contribution in [0.2, 0.25) is 0 Å². The predicted octanol–water partition coefficient (Wildman–Crippen LogP) is 2.59. The van der Waals surface area contributed by atoms with Crippen LogP contribution in [-0.2, 0) is 27.1 Å². The van der Waals surface area contributed by atoms with Gasteiger partial charge in [0.25, 0.3) is 0 Å². The lowest BCUT2D eigenvalue weighted by molar-refractivity contribution is -0.143. The highest BCUT2D eigenvalue weighted by Gasteiger charge is 2.26. The van der Waals surface area contributed by atoms with E-state index in [0.29, 0.717) is 11.4 Å². The van der Waals surface area contributed by atoms with Gasteiger partial charge in [0.2, 0.25) is 0 Å². The zero-order valence-electron chi connectivity index (χ0n) is 15.9. The number of fused-ring (bicyclic) bond motifs is 1. The van der Waals surface area contributed by atoms with Crippen LogP contribution in [0.25, 0.3) is 0 Å². The molecule has 0 heterocycles. The van der Waals surface area contributed by atoms with E-state index in [2.05, 4.69) is 5.32 Å². The summed E-state index contributed by atoms with van der Waals surface area (Å²) in [5.41, 5.74) is 8.38. The number of anilines is 1. The van der Waals surface area contributed by atoms with Gasteiger partial charge in [-0.25, -0.2) is 9.59 Å². The Hall–Kier alpha value is -2.44. The van der Waals surface area contributed by atoms with E-state index < -0.39 is 23.7 Å². The van der Waals surface area contributed by atoms with Crippen molar-refractivity contribution < 1.29 is 23.8 Å². The molecule has 1 amide bonds. The third-order valence-corrected chi connectivity index (χ3v) is 4.06. The Morgan fingerprint density at radius 1 is 1.19 bits per heavy atom. The Balaban J connectivity index is 2.05. The molecule has 0 spiro atoms. The van der Waals surface area contributed by atoms with Gasteiger partial charge in [0.1, 0.15) is 18.0 Å². The molecular weight excluding hydrogens is 336 g/mol. The number of nitrogen functional groups attached to an aromatic ring is 1. The van der Waals surface area contributed by atoms with Gasteiger partial charge in [-0.2, -0.15) is 0 Å². The molecule has 1 unspecified atom stereocenters. The number of hydrogen-bond acceptors (Lipinski definition) is 6. The van der Waals surface area contributed by atoms with Gasteiger partial charge < -0.3 is 25.3 Å². The molecule has 2 rings (SSSR count). The molecule has 0 saturated heterocycles. The Bertz CT molecular complexity index is 667. The van der Waals surface area contributed by atoms with Crippen molar-refractivity contribution in [3.63, 3.8) is 0 Å². The number of aryl methyl sites for hydroxylation is 2. The molecule has 3 N–H and O–H groups in total. The largest absolute Gasteiger partial charge is 0.489 e. The molecule has 0 aliphatic heterocycles. The van der Waals surface area contributed by atoms with E-state index in [0.717, 1.165) is 25.7 Å². The first kappa shape index (κ1) is 19.9. The third kappa shape index (κ3) is 5.54. The Morgan fingerprint density at radius 3 is 2.38 bits per heavy atom. The van der Waals surface area contributed by atoms with Crippen molar-refractivity contribution in [2.24, 2.45) is 0 Å². The van der Waals surface area contributed by atoms with E-state index in [-0.39, 0.29) is 6.61 Å². The summed E-state index contributed by atoms with van der Waals surface area (Å²) in [6, 6.07) is 2.86. The number of amides is 1. The van der Waals surface area contributed by atoms with Crippen LogP contribution in [0, 0.1) is 0 Å². The fraction of sp³-hybridized carbons (Fsp3) is 0.579. The van der Waals surface area contributed by atoms with Crippen LogP contribution in [0.1, 0.15) is 44.7 Å². The molecule has 1 aromatic rings. The second-order valence-corrected chi connectivity index (χ2v) is 7.40. The number of hydrogen-bond donors (Lipinski definition) is 2. The first-order valence-electron chi connectivity index (χ1n) is 8.81. The Kier molecular flexibility index (Phi) is 6.34. The first-order chi connectivity index (χ1) is 12.2. The lowest BCUT2D eigenvalue weighted by Crippen LogP contribution is -2.47. The van der Waals surface area contributed by atoms with Crippen LogP contribution in [-0.4, -0.2) is 37.4 Å². The van der Waals surface area contributed by atoms with Crippen molar-refractivity contribution in [3.05, 3.63) is 23.3 Å². The number of carbonyl (C=O) groups excluding carboxylic acids is 2. The summed E-state index contributed by atoms with van der Waals surface area (Å²) in [4.78, 5) is 23.9. The highest BCUT2D eigenvalue weighted by atomic mass is 16.6. The summed E-state index contributed by atoms with van der Waals surface area (Å²) in [6.45, 7) is 5.12. The van der Waals surface area contributed by atoms with Crippen molar-refractivity contribution in [2.45, 2.75) is 58.1 Å². The third-order valence-electron chi connectivity index (χ3n) is 4.06. The summed E-state index contributed by atoms with van der Waals surface area (Å²) < 4.78 is 15.6. The van der Waals surface area contributed by atoms with Gasteiger partial charge >= 0.3 is 12.1 Å². The van der Waals surface area contributed by atoms with Gasteiger partial charge in [-0.05, 0) is 69.7 Å². The van der Waals surface area contributed by atoms with E-state index >= 15 is 0 Å². The average molecular weight is 364 g/mol. The molecule has 1 aliphatic carbocycles. The van der Waals surface area contributed by atoms with Crippen molar-refractivity contribution in [3.8, 4) is 5.75 Å². The zero-order valence-corrected chi connectivity index (χ0v) is 15.9. The molecule has 0 saturated carbocycles. The van der Waals surface area contributed by atoms with Gasteiger partial charge in [0.15, 0.2) is 6.04 Å². The van der Waals surface area contributed by atoms with Gasteiger partial charge in [-0.3, -0.25) is 0 Å².